The first kappa shape index (κ1) is 13.6. The second-order valence-electron chi connectivity index (χ2n) is 5.96. The van der Waals surface area contributed by atoms with Crippen molar-refractivity contribution in [3.05, 3.63) is 17.8 Å². The van der Waals surface area contributed by atoms with Gasteiger partial charge in [-0.05, 0) is 24.3 Å². The summed E-state index contributed by atoms with van der Waals surface area (Å²) in [5.41, 5.74) is 12.0. The molecule has 1 aromatic rings. The van der Waals surface area contributed by atoms with Crippen LogP contribution in [0.25, 0.3) is 0 Å². The van der Waals surface area contributed by atoms with Crippen LogP contribution in [0, 0.1) is 5.41 Å². The van der Waals surface area contributed by atoms with Gasteiger partial charge < -0.3 is 16.8 Å². The highest BCUT2D eigenvalue weighted by molar-refractivity contribution is 5.98. The number of nitrogens with two attached hydrogens (primary N) is 2. The molecule has 1 fully saturated rings. The molecule has 104 valence electrons. The van der Waals surface area contributed by atoms with Crippen LogP contribution in [0.2, 0.25) is 0 Å². The fourth-order valence-electron chi connectivity index (χ4n) is 2.71. The third-order valence-corrected chi connectivity index (χ3v) is 3.99. The number of aromatic nitrogens is 1. The Bertz CT molecular complexity index is 484. The first-order valence-electron chi connectivity index (χ1n) is 6.72. The predicted octanol–water partition coefficient (Wildman–Crippen LogP) is 2.14. The number of nitrogen functional groups attached to an aromatic ring is 1. The Morgan fingerprint density at radius 3 is 2.84 bits per heavy atom. The Balaban J connectivity index is 2.25. The Morgan fingerprint density at radius 1 is 1.47 bits per heavy atom. The van der Waals surface area contributed by atoms with E-state index in [1.807, 2.05) is 0 Å². The minimum Gasteiger partial charge on any atom is -0.397 e. The van der Waals surface area contributed by atoms with Crippen molar-refractivity contribution >= 4 is 17.4 Å². The molecule has 1 atom stereocenters. The molecule has 2 rings (SSSR count). The number of carbonyl (C=O) groups is 1. The Hall–Kier alpha value is -1.78. The first-order valence-corrected chi connectivity index (χ1v) is 6.72. The molecular weight excluding hydrogens is 240 g/mol. The predicted molar refractivity (Wildman–Crippen MR) is 76.8 cm³/mol. The number of pyridine rings is 1. The molecule has 0 aliphatic heterocycles. The number of hydrogen-bond acceptors (Lipinski definition) is 4. The molecular formula is C14H22N4O. The van der Waals surface area contributed by atoms with Crippen molar-refractivity contribution < 1.29 is 4.79 Å². The van der Waals surface area contributed by atoms with Crippen LogP contribution in [0.1, 0.15) is 49.9 Å². The van der Waals surface area contributed by atoms with Crippen LogP contribution in [0.3, 0.4) is 0 Å². The molecule has 0 spiro atoms. The molecule has 1 aliphatic carbocycles. The van der Waals surface area contributed by atoms with E-state index in [0.717, 1.165) is 6.42 Å². The van der Waals surface area contributed by atoms with Gasteiger partial charge in [-0.15, -0.1) is 0 Å². The number of carbonyl (C=O) groups excluding carboxylic acids is 1. The van der Waals surface area contributed by atoms with Gasteiger partial charge in [0.25, 0.3) is 5.91 Å². The van der Waals surface area contributed by atoms with Gasteiger partial charge in [-0.2, -0.15) is 0 Å². The van der Waals surface area contributed by atoms with Crippen molar-refractivity contribution in [1.29, 1.82) is 0 Å². The third kappa shape index (κ3) is 2.97. The lowest BCUT2D eigenvalue weighted by Crippen LogP contribution is -2.39. The zero-order chi connectivity index (χ0) is 14.0. The third-order valence-electron chi connectivity index (χ3n) is 3.99. The van der Waals surface area contributed by atoms with Crippen molar-refractivity contribution in [2.75, 3.05) is 11.1 Å². The van der Waals surface area contributed by atoms with Gasteiger partial charge in [-0.1, -0.05) is 26.7 Å². The highest BCUT2D eigenvalue weighted by atomic mass is 16.1. The van der Waals surface area contributed by atoms with Crippen molar-refractivity contribution in [3.63, 3.8) is 0 Å². The van der Waals surface area contributed by atoms with Crippen LogP contribution < -0.4 is 16.8 Å². The lowest BCUT2D eigenvalue weighted by molar-refractivity contribution is 0.100. The molecule has 0 aromatic carbocycles. The SMILES string of the molecule is CC1(C)CCCCC1Nc1ncc(N)cc1C(N)=O. The molecule has 19 heavy (non-hydrogen) atoms. The van der Waals surface area contributed by atoms with Gasteiger partial charge in [-0.25, -0.2) is 4.98 Å². The maximum Gasteiger partial charge on any atom is 0.252 e. The Morgan fingerprint density at radius 2 is 2.21 bits per heavy atom. The van der Waals surface area contributed by atoms with Crippen LogP contribution in [0.4, 0.5) is 11.5 Å². The lowest BCUT2D eigenvalue weighted by Gasteiger charge is -2.39. The van der Waals surface area contributed by atoms with E-state index >= 15 is 0 Å². The molecule has 1 heterocycles. The minimum atomic E-state index is -0.504. The number of primary amides is 1. The summed E-state index contributed by atoms with van der Waals surface area (Å²) in [5.74, 6) is 0.0394. The quantitative estimate of drug-likeness (QED) is 0.778. The van der Waals surface area contributed by atoms with Gasteiger partial charge in [0.15, 0.2) is 0 Å². The molecule has 1 amide bonds. The summed E-state index contributed by atoms with van der Waals surface area (Å²) >= 11 is 0. The summed E-state index contributed by atoms with van der Waals surface area (Å²) in [4.78, 5) is 15.7. The maximum atomic E-state index is 11.5. The van der Waals surface area contributed by atoms with Crippen molar-refractivity contribution in [3.8, 4) is 0 Å². The molecule has 5 N–H and O–H groups in total. The lowest BCUT2D eigenvalue weighted by atomic mass is 9.73. The van der Waals surface area contributed by atoms with E-state index in [0.29, 0.717) is 23.1 Å². The molecule has 1 saturated carbocycles. The molecule has 1 aromatic heterocycles. The number of amides is 1. The number of rotatable bonds is 3. The largest absolute Gasteiger partial charge is 0.397 e. The average Bonchev–Trinajstić information content (AvgIpc) is 2.33. The standard InChI is InChI=1S/C14H22N4O/c1-14(2)6-4-3-5-11(14)18-13-10(12(16)19)7-9(15)8-17-13/h7-8,11H,3-6,15H2,1-2H3,(H2,16,19)(H,17,18). The van der Waals surface area contributed by atoms with Crippen molar-refractivity contribution in [2.24, 2.45) is 11.1 Å². The van der Waals surface area contributed by atoms with Gasteiger partial charge in [-0.3, -0.25) is 4.79 Å². The van der Waals surface area contributed by atoms with E-state index in [2.05, 4.69) is 24.1 Å². The zero-order valence-corrected chi connectivity index (χ0v) is 11.6. The molecule has 0 saturated heterocycles. The van der Waals surface area contributed by atoms with Crippen LogP contribution in [0.5, 0.6) is 0 Å². The molecule has 0 radical (unpaired) electrons. The fraction of sp³-hybridized carbons (Fsp3) is 0.571. The summed E-state index contributed by atoms with van der Waals surface area (Å²) < 4.78 is 0. The highest BCUT2D eigenvalue weighted by Crippen LogP contribution is 2.37. The summed E-state index contributed by atoms with van der Waals surface area (Å²) in [6, 6.07) is 1.88. The molecule has 1 unspecified atom stereocenters. The smallest absolute Gasteiger partial charge is 0.252 e. The number of hydrogen-bond donors (Lipinski definition) is 3. The monoisotopic (exact) mass is 262 g/mol. The second kappa shape index (κ2) is 5.07. The number of anilines is 2. The number of nitrogens with zero attached hydrogens (tertiary/aromatic N) is 1. The van der Waals surface area contributed by atoms with Gasteiger partial charge in [0.05, 0.1) is 17.4 Å². The first-order chi connectivity index (χ1) is 8.90. The van der Waals surface area contributed by atoms with E-state index < -0.39 is 5.91 Å². The fourth-order valence-corrected chi connectivity index (χ4v) is 2.71. The Kier molecular flexibility index (Phi) is 3.64. The van der Waals surface area contributed by atoms with Gasteiger partial charge in [0, 0.05) is 6.04 Å². The number of nitrogens with one attached hydrogen (secondary N) is 1. The average molecular weight is 262 g/mol. The molecule has 1 aliphatic rings. The molecule has 5 heteroatoms. The zero-order valence-electron chi connectivity index (χ0n) is 11.6. The summed E-state index contributed by atoms with van der Waals surface area (Å²) in [5, 5.41) is 3.38. The van der Waals surface area contributed by atoms with Gasteiger partial charge >= 0.3 is 0 Å². The van der Waals surface area contributed by atoms with Crippen LogP contribution in [-0.2, 0) is 0 Å². The summed E-state index contributed by atoms with van der Waals surface area (Å²) in [6.07, 6.45) is 6.25. The van der Waals surface area contributed by atoms with E-state index in [1.165, 1.54) is 19.3 Å². The maximum absolute atomic E-state index is 11.5. The van der Waals surface area contributed by atoms with Gasteiger partial charge in [0.2, 0.25) is 0 Å². The molecule has 5 nitrogen and oxygen atoms in total. The van der Waals surface area contributed by atoms with Crippen molar-refractivity contribution in [1.82, 2.24) is 4.98 Å². The summed E-state index contributed by atoms with van der Waals surface area (Å²) in [6.45, 7) is 4.48. The van der Waals surface area contributed by atoms with E-state index in [4.69, 9.17) is 11.5 Å². The van der Waals surface area contributed by atoms with E-state index in [9.17, 15) is 4.79 Å². The van der Waals surface area contributed by atoms with Crippen LogP contribution in [0.15, 0.2) is 12.3 Å². The van der Waals surface area contributed by atoms with E-state index in [1.54, 1.807) is 12.3 Å². The van der Waals surface area contributed by atoms with Gasteiger partial charge in [0.1, 0.15) is 5.82 Å². The highest BCUT2D eigenvalue weighted by Gasteiger charge is 2.32. The minimum absolute atomic E-state index is 0.191. The van der Waals surface area contributed by atoms with Crippen LogP contribution in [-0.4, -0.2) is 16.9 Å². The van der Waals surface area contributed by atoms with Crippen molar-refractivity contribution in [2.45, 2.75) is 45.6 Å². The van der Waals surface area contributed by atoms with Crippen LogP contribution >= 0.6 is 0 Å². The molecule has 0 bridgehead atoms. The van der Waals surface area contributed by atoms with E-state index in [-0.39, 0.29) is 5.41 Å². The second-order valence-corrected chi connectivity index (χ2v) is 5.96. The normalized spacial score (nSPS) is 21.9. The summed E-state index contributed by atoms with van der Waals surface area (Å²) in [7, 11) is 0. The Labute approximate surface area is 113 Å². The topological polar surface area (TPSA) is 94.0 Å².